The Labute approximate surface area is 77.5 Å². The van der Waals surface area contributed by atoms with Crippen LogP contribution in [0, 0.1) is 0 Å². The van der Waals surface area contributed by atoms with Gasteiger partial charge < -0.3 is 0 Å². The third-order valence-electron chi connectivity index (χ3n) is 1.78. The van der Waals surface area contributed by atoms with Crippen molar-refractivity contribution in [2.24, 2.45) is 0 Å². The Bertz CT molecular complexity index is 570. The summed E-state index contributed by atoms with van der Waals surface area (Å²) in [7, 11) is 0. The van der Waals surface area contributed by atoms with Gasteiger partial charge in [-0.1, -0.05) is 12.1 Å². The summed E-state index contributed by atoms with van der Waals surface area (Å²) >= 11 is 5.44. The highest BCUT2D eigenvalue weighted by molar-refractivity contribution is 6.15. The second-order valence-corrected chi connectivity index (χ2v) is 2.91. The Balaban J connectivity index is 3.15. The Morgan fingerprint density at radius 3 is 2.46 bits per heavy atom. The van der Waals surface area contributed by atoms with E-state index in [0.717, 1.165) is 0 Å². The van der Waals surface area contributed by atoms with E-state index < -0.39 is 5.56 Å². The van der Waals surface area contributed by atoms with Crippen LogP contribution in [-0.2, 0) is 0 Å². The van der Waals surface area contributed by atoms with Gasteiger partial charge in [0.1, 0.15) is 0 Å². The van der Waals surface area contributed by atoms with Crippen LogP contribution in [0.4, 0.5) is 0 Å². The van der Waals surface area contributed by atoms with E-state index in [1.807, 2.05) is 0 Å². The molecule has 0 fully saturated rings. The van der Waals surface area contributed by atoms with E-state index >= 15 is 0 Å². The van der Waals surface area contributed by atoms with Crippen LogP contribution in [0.1, 0.15) is 0 Å². The van der Waals surface area contributed by atoms with Gasteiger partial charge in [0, 0.05) is 11.8 Å². The monoisotopic (exact) mass is 196 g/mol. The summed E-state index contributed by atoms with van der Waals surface area (Å²) in [6.45, 7) is 0. The van der Waals surface area contributed by atoms with Gasteiger partial charge in [-0.25, -0.2) is 5.10 Å². The molecule has 1 aromatic heterocycles. The summed E-state index contributed by atoms with van der Waals surface area (Å²) in [5.41, 5.74) is -0.790. The van der Waals surface area contributed by atoms with Gasteiger partial charge in [0.25, 0.3) is 11.1 Å². The molecule has 0 spiro atoms. The molecule has 13 heavy (non-hydrogen) atoms. The second-order valence-electron chi connectivity index (χ2n) is 2.57. The SMILES string of the molecule is O=c1[nH]n(Cl)c(=O)c2ccccc12. The molecule has 0 bridgehead atoms. The number of nitrogens with zero attached hydrogens (tertiary/aromatic N) is 1. The highest BCUT2D eigenvalue weighted by atomic mass is 35.5. The normalized spacial score (nSPS) is 10.5. The van der Waals surface area contributed by atoms with Crippen molar-refractivity contribution in [3.05, 3.63) is 45.0 Å². The van der Waals surface area contributed by atoms with Crippen LogP contribution in [0.15, 0.2) is 33.9 Å². The third-order valence-corrected chi connectivity index (χ3v) is 2.02. The molecule has 0 atom stereocenters. The van der Waals surface area contributed by atoms with Crippen LogP contribution < -0.4 is 11.1 Å². The predicted octanol–water partition coefficient (Wildman–Crippen LogP) is 0.692. The first kappa shape index (κ1) is 8.07. The molecule has 5 heteroatoms. The second kappa shape index (κ2) is 2.74. The van der Waals surface area contributed by atoms with Crippen LogP contribution >= 0.6 is 11.8 Å². The summed E-state index contributed by atoms with van der Waals surface area (Å²) in [6.07, 6.45) is 0. The maximum Gasteiger partial charge on any atom is 0.288 e. The van der Waals surface area contributed by atoms with Gasteiger partial charge >= 0.3 is 0 Å². The van der Waals surface area contributed by atoms with E-state index in [0.29, 0.717) is 15.0 Å². The molecule has 2 rings (SSSR count). The molecule has 0 radical (unpaired) electrons. The zero-order chi connectivity index (χ0) is 9.42. The molecular formula is C8H5ClN2O2. The Morgan fingerprint density at radius 1 is 1.15 bits per heavy atom. The van der Waals surface area contributed by atoms with Gasteiger partial charge in [-0.15, -0.1) is 0 Å². The van der Waals surface area contributed by atoms with E-state index in [1.54, 1.807) is 24.3 Å². The number of fused-ring (bicyclic) bond motifs is 1. The molecule has 0 aliphatic rings. The van der Waals surface area contributed by atoms with E-state index in [-0.39, 0.29) is 5.56 Å². The van der Waals surface area contributed by atoms with Gasteiger partial charge in [-0.2, -0.15) is 4.20 Å². The van der Waals surface area contributed by atoms with Crippen molar-refractivity contribution in [2.75, 3.05) is 0 Å². The molecule has 1 heterocycles. The van der Waals surface area contributed by atoms with Crippen molar-refractivity contribution in [1.82, 2.24) is 9.30 Å². The van der Waals surface area contributed by atoms with Crippen molar-refractivity contribution in [3.8, 4) is 0 Å². The van der Waals surface area contributed by atoms with Crippen LogP contribution in [0.3, 0.4) is 0 Å². The number of H-pyrrole nitrogens is 1. The van der Waals surface area contributed by atoms with Crippen LogP contribution in [0.5, 0.6) is 0 Å². The number of halogens is 1. The maximum absolute atomic E-state index is 11.3. The molecule has 0 unspecified atom stereocenters. The van der Waals surface area contributed by atoms with Crippen molar-refractivity contribution < 1.29 is 0 Å². The number of benzene rings is 1. The van der Waals surface area contributed by atoms with Crippen molar-refractivity contribution in [2.45, 2.75) is 0 Å². The molecule has 1 aromatic carbocycles. The lowest BCUT2D eigenvalue weighted by molar-refractivity contribution is 0.894. The third kappa shape index (κ3) is 1.15. The summed E-state index contributed by atoms with van der Waals surface area (Å²) in [6, 6.07) is 6.51. The van der Waals surface area contributed by atoms with Crippen molar-refractivity contribution >= 4 is 22.5 Å². The zero-order valence-electron chi connectivity index (χ0n) is 6.45. The topological polar surface area (TPSA) is 54.9 Å². The van der Waals surface area contributed by atoms with E-state index in [1.165, 1.54) is 0 Å². The number of nitrogens with one attached hydrogen (secondary N) is 1. The van der Waals surface area contributed by atoms with Crippen LogP contribution in [0.25, 0.3) is 10.8 Å². The molecule has 0 aliphatic heterocycles. The van der Waals surface area contributed by atoms with Gasteiger partial charge in [0.15, 0.2) is 0 Å². The zero-order valence-corrected chi connectivity index (χ0v) is 7.21. The molecule has 0 saturated heterocycles. The molecule has 0 amide bonds. The smallest absolute Gasteiger partial charge is 0.267 e. The average Bonchev–Trinajstić information content (AvgIpc) is 2.15. The van der Waals surface area contributed by atoms with E-state index in [4.69, 9.17) is 11.8 Å². The fourth-order valence-electron chi connectivity index (χ4n) is 1.17. The molecule has 2 aromatic rings. The minimum Gasteiger partial charge on any atom is -0.267 e. The largest absolute Gasteiger partial charge is 0.288 e. The fourth-order valence-corrected chi connectivity index (χ4v) is 1.34. The van der Waals surface area contributed by atoms with Gasteiger partial charge in [-0.3, -0.25) is 9.59 Å². The average molecular weight is 197 g/mol. The number of aromatic nitrogens is 2. The number of hydrogen-bond acceptors (Lipinski definition) is 2. The lowest BCUT2D eigenvalue weighted by atomic mass is 10.2. The first-order valence-corrected chi connectivity index (χ1v) is 3.94. The number of aromatic amines is 1. The molecule has 4 nitrogen and oxygen atoms in total. The summed E-state index contributed by atoms with van der Waals surface area (Å²) in [5.74, 6) is 0. The molecular weight excluding hydrogens is 192 g/mol. The number of rotatable bonds is 0. The van der Waals surface area contributed by atoms with Crippen molar-refractivity contribution in [1.29, 1.82) is 0 Å². The maximum atomic E-state index is 11.3. The van der Waals surface area contributed by atoms with Crippen LogP contribution in [0.2, 0.25) is 0 Å². The lowest BCUT2D eigenvalue weighted by Gasteiger charge is -1.96. The quantitative estimate of drug-likeness (QED) is 0.674. The van der Waals surface area contributed by atoms with Gasteiger partial charge in [-0.05, 0) is 12.1 Å². The molecule has 1 N–H and O–H groups in total. The Kier molecular flexibility index (Phi) is 1.70. The minimum absolute atomic E-state index is 0.321. The first-order chi connectivity index (χ1) is 6.20. The summed E-state index contributed by atoms with van der Waals surface area (Å²) < 4.78 is 0.657. The minimum atomic E-state index is -0.420. The molecule has 0 saturated carbocycles. The van der Waals surface area contributed by atoms with Crippen LogP contribution in [-0.4, -0.2) is 9.30 Å². The highest BCUT2D eigenvalue weighted by Crippen LogP contribution is 2.02. The van der Waals surface area contributed by atoms with E-state index in [9.17, 15) is 9.59 Å². The number of hydrogen-bond donors (Lipinski definition) is 1. The van der Waals surface area contributed by atoms with E-state index in [2.05, 4.69) is 5.10 Å². The Hall–Kier alpha value is -1.55. The van der Waals surface area contributed by atoms with Crippen molar-refractivity contribution in [3.63, 3.8) is 0 Å². The lowest BCUT2D eigenvalue weighted by Crippen LogP contribution is -2.24. The summed E-state index contributed by atoms with van der Waals surface area (Å²) in [4.78, 5) is 22.6. The fraction of sp³-hybridized carbons (Fsp3) is 0. The summed E-state index contributed by atoms with van der Waals surface area (Å²) in [5, 5.41) is 2.87. The highest BCUT2D eigenvalue weighted by Gasteiger charge is 2.03. The van der Waals surface area contributed by atoms with Gasteiger partial charge in [0.2, 0.25) is 0 Å². The van der Waals surface area contributed by atoms with Gasteiger partial charge in [0.05, 0.1) is 10.8 Å². The first-order valence-electron chi connectivity index (χ1n) is 3.60. The predicted molar refractivity (Wildman–Crippen MR) is 50.1 cm³/mol. The molecule has 0 aliphatic carbocycles. The standard InChI is InChI=1S/C8H5ClN2O2/c9-11-8(13)6-4-2-1-3-5(6)7(12)10-11/h1-4H,(H,10,12). The molecule has 66 valence electrons. The Morgan fingerprint density at radius 2 is 1.77 bits per heavy atom.